The fraction of sp³-hybridized carbons (Fsp3) is 0.714. The molecule has 4 atom stereocenters. The Morgan fingerprint density at radius 1 is 1.58 bits per heavy atom. The highest BCUT2D eigenvalue weighted by atomic mass is 16.2. The first-order valence-corrected chi connectivity index (χ1v) is 7.20. The first-order chi connectivity index (χ1) is 9.13. The molecular formula is C14H22N4O. The molecule has 3 rings (SSSR count). The summed E-state index contributed by atoms with van der Waals surface area (Å²) >= 11 is 0. The molecule has 3 N–H and O–H groups in total. The summed E-state index contributed by atoms with van der Waals surface area (Å²) in [4.78, 5) is 12.0. The summed E-state index contributed by atoms with van der Waals surface area (Å²) in [6, 6.07) is 1.96. The standard InChI is InChI=1S/C14H22N4O/c1-9(12-7-10-2-3-11(12)6-10)17-14(19)8-18-13(15)4-5-16-18/h4-5,9-12H,2-3,6-8,15H2,1H3,(H,17,19). The maximum absolute atomic E-state index is 12.0. The number of carbonyl (C=O) groups excluding carboxylic acids is 1. The Morgan fingerprint density at radius 2 is 2.42 bits per heavy atom. The SMILES string of the molecule is CC(NC(=O)Cn1nccc1N)C1CC2CCC1C2. The molecule has 5 nitrogen and oxygen atoms in total. The van der Waals surface area contributed by atoms with Gasteiger partial charge < -0.3 is 11.1 Å². The van der Waals surface area contributed by atoms with E-state index < -0.39 is 0 Å². The van der Waals surface area contributed by atoms with Gasteiger partial charge in [0.1, 0.15) is 12.4 Å². The molecule has 2 aliphatic carbocycles. The summed E-state index contributed by atoms with van der Waals surface area (Å²) in [5.74, 6) is 2.94. The number of fused-ring (bicyclic) bond motifs is 2. The second-order valence-electron chi connectivity index (χ2n) is 6.11. The zero-order valence-corrected chi connectivity index (χ0v) is 11.4. The van der Waals surface area contributed by atoms with E-state index >= 15 is 0 Å². The molecule has 2 fully saturated rings. The zero-order chi connectivity index (χ0) is 13.4. The lowest BCUT2D eigenvalue weighted by Gasteiger charge is -2.28. The molecule has 0 spiro atoms. The summed E-state index contributed by atoms with van der Waals surface area (Å²) < 4.78 is 1.53. The smallest absolute Gasteiger partial charge is 0.242 e. The van der Waals surface area contributed by atoms with E-state index in [1.165, 1.54) is 30.4 Å². The van der Waals surface area contributed by atoms with Crippen LogP contribution in [0.5, 0.6) is 0 Å². The maximum Gasteiger partial charge on any atom is 0.242 e. The molecule has 0 saturated heterocycles. The maximum atomic E-state index is 12.0. The Hall–Kier alpha value is -1.52. The van der Waals surface area contributed by atoms with Crippen molar-refractivity contribution in [3.8, 4) is 0 Å². The van der Waals surface area contributed by atoms with Crippen LogP contribution in [0, 0.1) is 17.8 Å². The van der Waals surface area contributed by atoms with Crippen LogP contribution in [0.3, 0.4) is 0 Å². The summed E-state index contributed by atoms with van der Waals surface area (Å²) in [5, 5.41) is 7.15. The van der Waals surface area contributed by atoms with Crippen LogP contribution in [0.15, 0.2) is 12.3 Å². The largest absolute Gasteiger partial charge is 0.384 e. The fourth-order valence-electron chi connectivity index (χ4n) is 3.92. The molecule has 104 valence electrons. The third-order valence-corrected chi connectivity index (χ3v) is 4.87. The van der Waals surface area contributed by atoms with Crippen molar-refractivity contribution in [1.29, 1.82) is 0 Å². The molecule has 0 radical (unpaired) electrons. The Labute approximate surface area is 113 Å². The number of amides is 1. The van der Waals surface area contributed by atoms with Gasteiger partial charge in [0.25, 0.3) is 0 Å². The van der Waals surface area contributed by atoms with Gasteiger partial charge in [-0.3, -0.25) is 4.79 Å². The predicted octanol–water partition coefficient (Wildman–Crippen LogP) is 1.41. The van der Waals surface area contributed by atoms with Gasteiger partial charge in [-0.05, 0) is 50.0 Å². The van der Waals surface area contributed by atoms with Crippen LogP contribution in [0.25, 0.3) is 0 Å². The van der Waals surface area contributed by atoms with E-state index in [1.54, 1.807) is 12.3 Å². The highest BCUT2D eigenvalue weighted by molar-refractivity contribution is 5.76. The van der Waals surface area contributed by atoms with Crippen LogP contribution in [-0.2, 0) is 11.3 Å². The Kier molecular flexibility index (Phi) is 3.21. The van der Waals surface area contributed by atoms with E-state index in [0.717, 1.165) is 11.8 Å². The van der Waals surface area contributed by atoms with Crippen molar-refractivity contribution < 1.29 is 4.79 Å². The van der Waals surface area contributed by atoms with Crippen molar-refractivity contribution in [2.75, 3.05) is 5.73 Å². The van der Waals surface area contributed by atoms with E-state index in [-0.39, 0.29) is 18.5 Å². The van der Waals surface area contributed by atoms with Crippen LogP contribution in [0.2, 0.25) is 0 Å². The number of hydrogen-bond donors (Lipinski definition) is 2. The van der Waals surface area contributed by atoms with Crippen molar-refractivity contribution >= 4 is 11.7 Å². The average Bonchev–Trinajstić information content (AvgIpc) is 3.06. The van der Waals surface area contributed by atoms with E-state index in [9.17, 15) is 4.79 Å². The first kappa shape index (κ1) is 12.5. The summed E-state index contributed by atoms with van der Waals surface area (Å²) in [7, 11) is 0. The molecular weight excluding hydrogens is 240 g/mol. The summed E-state index contributed by atoms with van der Waals surface area (Å²) in [6.07, 6.45) is 7.02. The summed E-state index contributed by atoms with van der Waals surface area (Å²) in [6.45, 7) is 2.35. The third-order valence-electron chi connectivity index (χ3n) is 4.87. The monoisotopic (exact) mass is 262 g/mol. The van der Waals surface area contributed by atoms with Crippen LogP contribution in [0.4, 0.5) is 5.82 Å². The van der Waals surface area contributed by atoms with Crippen LogP contribution in [-0.4, -0.2) is 21.7 Å². The van der Waals surface area contributed by atoms with Crippen LogP contribution < -0.4 is 11.1 Å². The minimum absolute atomic E-state index is 0.00525. The van der Waals surface area contributed by atoms with Crippen molar-refractivity contribution in [3.63, 3.8) is 0 Å². The van der Waals surface area contributed by atoms with E-state index in [0.29, 0.717) is 11.7 Å². The van der Waals surface area contributed by atoms with Gasteiger partial charge in [0, 0.05) is 6.04 Å². The second-order valence-corrected chi connectivity index (χ2v) is 6.11. The molecule has 19 heavy (non-hydrogen) atoms. The third kappa shape index (κ3) is 2.46. The number of carbonyl (C=O) groups is 1. The molecule has 1 heterocycles. The number of rotatable bonds is 4. The number of nitrogens with two attached hydrogens (primary N) is 1. The molecule has 1 amide bonds. The zero-order valence-electron chi connectivity index (χ0n) is 11.4. The topological polar surface area (TPSA) is 72.9 Å². The van der Waals surface area contributed by atoms with Crippen molar-refractivity contribution in [2.45, 2.75) is 45.2 Å². The minimum atomic E-state index is 0.00525. The van der Waals surface area contributed by atoms with Crippen LogP contribution >= 0.6 is 0 Å². The Bertz CT molecular complexity index is 470. The average molecular weight is 262 g/mol. The molecule has 5 heteroatoms. The molecule has 0 aromatic carbocycles. The normalized spacial score (nSPS) is 30.5. The van der Waals surface area contributed by atoms with Crippen molar-refractivity contribution in [3.05, 3.63) is 12.3 Å². The Balaban J connectivity index is 1.53. The van der Waals surface area contributed by atoms with Gasteiger partial charge in [0.2, 0.25) is 5.91 Å². The van der Waals surface area contributed by atoms with E-state index in [2.05, 4.69) is 17.3 Å². The lowest BCUT2D eigenvalue weighted by molar-refractivity contribution is -0.122. The van der Waals surface area contributed by atoms with Crippen molar-refractivity contribution in [1.82, 2.24) is 15.1 Å². The summed E-state index contributed by atoms with van der Waals surface area (Å²) in [5.41, 5.74) is 5.71. The lowest BCUT2D eigenvalue weighted by Crippen LogP contribution is -2.41. The van der Waals surface area contributed by atoms with Gasteiger partial charge in [0.05, 0.1) is 6.20 Å². The molecule has 0 aliphatic heterocycles. The van der Waals surface area contributed by atoms with Gasteiger partial charge in [0.15, 0.2) is 0 Å². The number of aromatic nitrogens is 2. The number of anilines is 1. The highest BCUT2D eigenvalue weighted by Gasteiger charge is 2.42. The number of nitrogen functional groups attached to an aromatic ring is 1. The molecule has 2 saturated carbocycles. The first-order valence-electron chi connectivity index (χ1n) is 7.20. The van der Waals surface area contributed by atoms with E-state index in [4.69, 9.17) is 5.73 Å². The quantitative estimate of drug-likeness (QED) is 0.861. The lowest BCUT2D eigenvalue weighted by atomic mass is 9.84. The fourth-order valence-corrected chi connectivity index (χ4v) is 3.92. The van der Waals surface area contributed by atoms with Gasteiger partial charge in [-0.25, -0.2) is 4.68 Å². The predicted molar refractivity (Wildman–Crippen MR) is 73.2 cm³/mol. The number of hydrogen-bond acceptors (Lipinski definition) is 3. The second kappa shape index (κ2) is 4.87. The van der Waals surface area contributed by atoms with Gasteiger partial charge in [-0.2, -0.15) is 5.10 Å². The van der Waals surface area contributed by atoms with Crippen LogP contribution in [0.1, 0.15) is 32.6 Å². The highest BCUT2D eigenvalue weighted by Crippen LogP contribution is 2.49. The molecule has 1 aromatic heterocycles. The Morgan fingerprint density at radius 3 is 3.00 bits per heavy atom. The number of nitrogens with one attached hydrogen (secondary N) is 1. The molecule has 1 aromatic rings. The van der Waals surface area contributed by atoms with Gasteiger partial charge >= 0.3 is 0 Å². The number of nitrogens with zero attached hydrogens (tertiary/aromatic N) is 2. The molecule has 4 unspecified atom stereocenters. The molecule has 2 bridgehead atoms. The van der Waals surface area contributed by atoms with E-state index in [1.807, 2.05) is 0 Å². The minimum Gasteiger partial charge on any atom is -0.384 e. The molecule has 2 aliphatic rings. The van der Waals surface area contributed by atoms with Gasteiger partial charge in [-0.1, -0.05) is 6.42 Å². The van der Waals surface area contributed by atoms with Crippen molar-refractivity contribution in [2.24, 2.45) is 17.8 Å². The van der Waals surface area contributed by atoms with Gasteiger partial charge in [-0.15, -0.1) is 0 Å².